The summed E-state index contributed by atoms with van der Waals surface area (Å²) in [6, 6.07) is 3.88. The Morgan fingerprint density at radius 3 is 2.87 bits per heavy atom. The Labute approximate surface area is 93.8 Å². The van der Waals surface area contributed by atoms with E-state index >= 15 is 0 Å². The van der Waals surface area contributed by atoms with Gasteiger partial charge in [-0.15, -0.1) is 0 Å². The first-order valence-corrected chi connectivity index (χ1v) is 5.06. The van der Waals surface area contributed by atoms with Crippen LogP contribution in [0.3, 0.4) is 0 Å². The first-order chi connectivity index (χ1) is 7.18. The van der Waals surface area contributed by atoms with Gasteiger partial charge >= 0.3 is 0 Å². The van der Waals surface area contributed by atoms with Crippen LogP contribution in [-0.4, -0.2) is 14.5 Å². The van der Waals surface area contributed by atoms with Crippen molar-refractivity contribution in [3.63, 3.8) is 0 Å². The molecule has 1 aromatic heterocycles. The smallest absolute Gasteiger partial charge is 0.217 e. The minimum Gasteiger partial charge on any atom is -0.287 e. The molecule has 0 aliphatic heterocycles. The molecule has 0 saturated carbocycles. The van der Waals surface area contributed by atoms with Crippen LogP contribution in [0.2, 0.25) is 5.02 Å². The summed E-state index contributed by atoms with van der Waals surface area (Å²) in [6.45, 7) is 0. The fourth-order valence-electron chi connectivity index (χ4n) is 1.08. The summed E-state index contributed by atoms with van der Waals surface area (Å²) in [5.74, 6) is -1.14. The quantitative estimate of drug-likeness (QED) is 0.760. The first-order valence-electron chi connectivity index (χ1n) is 3.96. The van der Waals surface area contributed by atoms with Crippen molar-refractivity contribution in [2.45, 2.75) is 0 Å². The Hall–Kier alpha value is -1.33. The highest BCUT2D eigenvalue weighted by Gasteiger charge is 2.16. The van der Waals surface area contributed by atoms with Crippen LogP contribution in [-0.2, 0) is 0 Å². The van der Waals surface area contributed by atoms with E-state index in [2.05, 4.69) is 8.75 Å². The van der Waals surface area contributed by atoms with Gasteiger partial charge in [-0.05, 0) is 18.2 Å². The number of carbonyl (C=O) groups excluding carboxylic acids is 1. The van der Waals surface area contributed by atoms with Crippen LogP contribution in [0.1, 0.15) is 16.1 Å². The second-order valence-electron chi connectivity index (χ2n) is 2.75. The Kier molecular flexibility index (Phi) is 2.75. The molecule has 0 amide bonds. The topological polar surface area (TPSA) is 42.9 Å². The zero-order chi connectivity index (χ0) is 10.8. The molecule has 0 atom stereocenters. The second-order valence-corrected chi connectivity index (χ2v) is 3.74. The first kappa shape index (κ1) is 10.2. The molecule has 0 unspecified atom stereocenters. The maximum Gasteiger partial charge on any atom is 0.217 e. The van der Waals surface area contributed by atoms with Gasteiger partial charge in [0.1, 0.15) is 11.5 Å². The lowest BCUT2D eigenvalue weighted by Gasteiger charge is -1.99. The maximum absolute atomic E-state index is 13.3. The molecular weight excluding hydrogens is 239 g/mol. The highest BCUT2D eigenvalue weighted by Crippen LogP contribution is 2.17. The molecule has 1 aromatic carbocycles. The van der Waals surface area contributed by atoms with Gasteiger partial charge in [0.05, 0.1) is 23.5 Å². The summed E-state index contributed by atoms with van der Waals surface area (Å²) in [5, 5.41) is 0.250. The van der Waals surface area contributed by atoms with Gasteiger partial charge in [0.25, 0.3) is 0 Å². The predicted octanol–water partition coefficient (Wildman–Crippen LogP) is 2.56. The number of carbonyl (C=O) groups is 1. The number of halogens is 2. The lowest BCUT2D eigenvalue weighted by molar-refractivity contribution is 0.103. The maximum atomic E-state index is 13.3. The minimum absolute atomic E-state index is 0.0490. The molecule has 0 radical (unpaired) electrons. The van der Waals surface area contributed by atoms with E-state index in [1.807, 2.05) is 0 Å². The molecule has 0 aliphatic carbocycles. The number of benzene rings is 1. The monoisotopic (exact) mass is 242 g/mol. The third-order valence-corrected chi connectivity index (χ3v) is 2.48. The molecule has 1 heterocycles. The van der Waals surface area contributed by atoms with Gasteiger partial charge in [0.15, 0.2) is 0 Å². The Balaban J connectivity index is 2.42. The van der Waals surface area contributed by atoms with Crippen molar-refractivity contribution in [2.75, 3.05) is 0 Å². The lowest BCUT2D eigenvalue weighted by atomic mass is 10.1. The summed E-state index contributed by atoms with van der Waals surface area (Å²) < 4.78 is 20.8. The summed E-state index contributed by atoms with van der Waals surface area (Å²) >= 11 is 6.47. The third kappa shape index (κ3) is 2.03. The standard InChI is InChI=1S/C9H4ClFN2OS/c10-5-1-2-6(7(11)3-5)9(14)8-4-12-15-13-8/h1-4H. The fourth-order valence-corrected chi connectivity index (χ4v) is 1.65. The Morgan fingerprint density at radius 1 is 1.47 bits per heavy atom. The normalized spacial score (nSPS) is 10.3. The molecular formula is C9H4ClFN2OS. The molecule has 2 rings (SSSR count). The predicted molar refractivity (Wildman–Crippen MR) is 54.8 cm³/mol. The third-order valence-electron chi connectivity index (χ3n) is 1.77. The van der Waals surface area contributed by atoms with Crippen molar-refractivity contribution in [3.8, 4) is 0 Å². The molecule has 0 aliphatic rings. The lowest BCUT2D eigenvalue weighted by Crippen LogP contribution is -2.04. The molecule has 3 nitrogen and oxygen atoms in total. The zero-order valence-corrected chi connectivity index (χ0v) is 8.85. The van der Waals surface area contributed by atoms with Crippen LogP contribution in [0.5, 0.6) is 0 Å². The van der Waals surface area contributed by atoms with Crippen molar-refractivity contribution in [1.82, 2.24) is 8.75 Å². The number of hydrogen-bond acceptors (Lipinski definition) is 4. The van der Waals surface area contributed by atoms with E-state index < -0.39 is 11.6 Å². The van der Waals surface area contributed by atoms with Crippen molar-refractivity contribution in [1.29, 1.82) is 0 Å². The number of aromatic nitrogens is 2. The van der Waals surface area contributed by atoms with Crippen LogP contribution in [0.4, 0.5) is 4.39 Å². The van der Waals surface area contributed by atoms with E-state index in [9.17, 15) is 9.18 Å². The van der Waals surface area contributed by atoms with Gasteiger partial charge < -0.3 is 0 Å². The number of rotatable bonds is 2. The van der Waals surface area contributed by atoms with E-state index in [1.165, 1.54) is 18.3 Å². The van der Waals surface area contributed by atoms with Gasteiger partial charge in [-0.25, -0.2) is 4.39 Å². The summed E-state index contributed by atoms with van der Waals surface area (Å²) in [4.78, 5) is 11.7. The second kappa shape index (κ2) is 4.04. The molecule has 0 saturated heterocycles. The van der Waals surface area contributed by atoms with Crippen molar-refractivity contribution >= 4 is 29.1 Å². The summed E-state index contributed by atoms with van der Waals surface area (Å²) in [7, 11) is 0. The van der Waals surface area contributed by atoms with Crippen LogP contribution in [0, 0.1) is 5.82 Å². The molecule has 0 spiro atoms. The van der Waals surface area contributed by atoms with Crippen molar-refractivity contribution in [2.24, 2.45) is 0 Å². The van der Waals surface area contributed by atoms with Gasteiger partial charge in [0, 0.05) is 5.02 Å². The molecule has 15 heavy (non-hydrogen) atoms. The molecule has 2 aromatic rings. The molecule has 6 heteroatoms. The highest BCUT2D eigenvalue weighted by molar-refractivity contribution is 6.99. The van der Waals surface area contributed by atoms with E-state index in [1.54, 1.807) is 0 Å². The molecule has 0 bridgehead atoms. The fraction of sp³-hybridized carbons (Fsp3) is 0. The van der Waals surface area contributed by atoms with E-state index in [0.29, 0.717) is 0 Å². The number of hydrogen-bond donors (Lipinski definition) is 0. The number of ketones is 1. The molecule has 0 N–H and O–H groups in total. The van der Waals surface area contributed by atoms with E-state index in [4.69, 9.17) is 11.6 Å². The van der Waals surface area contributed by atoms with E-state index in [-0.39, 0.29) is 16.3 Å². The Bertz CT molecular complexity index is 501. The summed E-state index contributed by atoms with van der Waals surface area (Å²) in [6.07, 6.45) is 1.31. The summed E-state index contributed by atoms with van der Waals surface area (Å²) in [5.41, 5.74) is 0.0910. The van der Waals surface area contributed by atoms with Crippen LogP contribution >= 0.6 is 23.3 Å². The van der Waals surface area contributed by atoms with Crippen LogP contribution in [0.25, 0.3) is 0 Å². The van der Waals surface area contributed by atoms with Crippen LogP contribution < -0.4 is 0 Å². The largest absolute Gasteiger partial charge is 0.287 e. The van der Waals surface area contributed by atoms with Crippen molar-refractivity contribution in [3.05, 3.63) is 46.5 Å². The zero-order valence-electron chi connectivity index (χ0n) is 7.28. The molecule has 76 valence electrons. The van der Waals surface area contributed by atoms with E-state index in [0.717, 1.165) is 17.8 Å². The van der Waals surface area contributed by atoms with Gasteiger partial charge in [-0.1, -0.05) is 11.6 Å². The van der Waals surface area contributed by atoms with Gasteiger partial charge in [-0.3, -0.25) is 4.79 Å². The van der Waals surface area contributed by atoms with Crippen molar-refractivity contribution < 1.29 is 9.18 Å². The van der Waals surface area contributed by atoms with Gasteiger partial charge in [0.2, 0.25) is 5.78 Å². The molecule has 0 fully saturated rings. The SMILES string of the molecule is O=C(c1cnsn1)c1ccc(Cl)cc1F. The average Bonchev–Trinajstić information content (AvgIpc) is 2.69. The highest BCUT2D eigenvalue weighted by atomic mass is 35.5. The average molecular weight is 243 g/mol. The number of nitrogens with zero attached hydrogens (tertiary/aromatic N) is 2. The Morgan fingerprint density at radius 2 is 2.27 bits per heavy atom. The van der Waals surface area contributed by atoms with Gasteiger partial charge in [-0.2, -0.15) is 8.75 Å². The van der Waals surface area contributed by atoms with Crippen LogP contribution in [0.15, 0.2) is 24.4 Å². The minimum atomic E-state index is -0.652.